The van der Waals surface area contributed by atoms with E-state index >= 15 is 0 Å². The number of aliphatic imine (C=N–C) groups is 1. The van der Waals surface area contributed by atoms with Gasteiger partial charge in [0.2, 0.25) is 5.91 Å². The summed E-state index contributed by atoms with van der Waals surface area (Å²) in [5.41, 5.74) is 6.69. The second kappa shape index (κ2) is 15.5. The van der Waals surface area contributed by atoms with E-state index in [1.807, 2.05) is 6.07 Å². The van der Waals surface area contributed by atoms with Crippen molar-refractivity contribution in [2.75, 3.05) is 39.4 Å². The van der Waals surface area contributed by atoms with Crippen LogP contribution in [0.15, 0.2) is 35.3 Å². The molecule has 1 saturated heterocycles. The number of hydrogen-bond acceptors (Lipinski definition) is 3. The molecule has 1 amide bonds. The second-order valence-electron chi connectivity index (χ2n) is 7.42. The van der Waals surface area contributed by atoms with Crippen molar-refractivity contribution >= 4 is 35.8 Å². The summed E-state index contributed by atoms with van der Waals surface area (Å²) in [4.78, 5) is 18.3. The maximum absolute atomic E-state index is 11.2. The van der Waals surface area contributed by atoms with Gasteiger partial charge in [-0.3, -0.25) is 9.79 Å². The topological polar surface area (TPSA) is 80.0 Å². The Morgan fingerprint density at radius 1 is 1.28 bits per heavy atom. The van der Waals surface area contributed by atoms with Crippen molar-refractivity contribution in [3.63, 3.8) is 0 Å². The van der Waals surface area contributed by atoms with Gasteiger partial charge in [-0.05, 0) is 50.5 Å². The van der Waals surface area contributed by atoms with Crippen LogP contribution in [-0.2, 0) is 16.0 Å². The number of piperidine rings is 1. The van der Waals surface area contributed by atoms with E-state index in [2.05, 4.69) is 41.4 Å². The summed E-state index contributed by atoms with van der Waals surface area (Å²) < 4.78 is 5.74. The molecule has 0 saturated carbocycles. The Bertz CT molecular complexity index is 598. The van der Waals surface area contributed by atoms with Crippen LogP contribution in [0, 0.1) is 5.92 Å². The SMILES string of the molecule is CCNC(=NCCCCOCCc1ccccc1)N1CCCC(CC(N)=O)C1.I. The van der Waals surface area contributed by atoms with Crippen LogP contribution in [0.25, 0.3) is 0 Å². The molecule has 0 spiro atoms. The Morgan fingerprint density at radius 2 is 2.07 bits per heavy atom. The summed E-state index contributed by atoms with van der Waals surface area (Å²) in [5, 5.41) is 3.38. The molecule has 1 aromatic rings. The minimum atomic E-state index is -0.207. The molecule has 0 aliphatic carbocycles. The number of benzene rings is 1. The van der Waals surface area contributed by atoms with Crippen LogP contribution < -0.4 is 11.1 Å². The molecule has 2 rings (SSSR count). The summed E-state index contributed by atoms with van der Waals surface area (Å²) in [7, 11) is 0. The lowest BCUT2D eigenvalue weighted by molar-refractivity contribution is -0.119. The number of amides is 1. The number of halogens is 1. The molecule has 29 heavy (non-hydrogen) atoms. The molecule has 0 bridgehead atoms. The Labute approximate surface area is 192 Å². The number of likely N-dealkylation sites (tertiary alicyclic amines) is 1. The first kappa shape index (κ1) is 25.7. The Kier molecular flexibility index (Phi) is 13.7. The molecule has 1 fully saturated rings. The van der Waals surface area contributed by atoms with Crippen molar-refractivity contribution in [1.29, 1.82) is 0 Å². The lowest BCUT2D eigenvalue weighted by atomic mass is 9.95. The summed E-state index contributed by atoms with van der Waals surface area (Å²) in [6.07, 6.45) is 5.61. The van der Waals surface area contributed by atoms with Gasteiger partial charge in [0, 0.05) is 39.2 Å². The molecule has 7 heteroatoms. The Balaban J connectivity index is 0.00000420. The van der Waals surface area contributed by atoms with Crippen LogP contribution in [0.3, 0.4) is 0 Å². The third-order valence-electron chi connectivity index (χ3n) is 4.98. The van der Waals surface area contributed by atoms with Gasteiger partial charge < -0.3 is 20.7 Å². The summed E-state index contributed by atoms with van der Waals surface area (Å²) in [6.45, 7) is 7.12. The van der Waals surface area contributed by atoms with E-state index in [1.54, 1.807) is 0 Å². The van der Waals surface area contributed by atoms with Gasteiger partial charge in [-0.25, -0.2) is 0 Å². The first-order valence-electron chi connectivity index (χ1n) is 10.6. The van der Waals surface area contributed by atoms with E-state index in [0.717, 1.165) is 77.5 Å². The molecule has 1 aliphatic heterocycles. The third kappa shape index (κ3) is 10.8. The first-order valence-corrected chi connectivity index (χ1v) is 10.6. The zero-order valence-corrected chi connectivity index (χ0v) is 20.0. The van der Waals surface area contributed by atoms with Gasteiger partial charge in [-0.15, -0.1) is 24.0 Å². The number of carbonyl (C=O) groups is 1. The molecule has 1 unspecified atom stereocenters. The molecular weight excluding hydrogens is 479 g/mol. The Hall–Kier alpha value is -1.35. The fraction of sp³-hybridized carbons (Fsp3) is 0.636. The fourth-order valence-corrected chi connectivity index (χ4v) is 3.57. The molecule has 1 atom stereocenters. The molecule has 1 aliphatic rings. The minimum Gasteiger partial charge on any atom is -0.381 e. The van der Waals surface area contributed by atoms with Crippen LogP contribution in [0.4, 0.5) is 0 Å². The third-order valence-corrected chi connectivity index (χ3v) is 4.98. The molecule has 164 valence electrons. The van der Waals surface area contributed by atoms with Gasteiger partial charge in [0.1, 0.15) is 0 Å². The first-order chi connectivity index (χ1) is 13.7. The van der Waals surface area contributed by atoms with E-state index < -0.39 is 0 Å². The van der Waals surface area contributed by atoms with E-state index in [0.29, 0.717) is 12.3 Å². The average molecular weight is 516 g/mol. The smallest absolute Gasteiger partial charge is 0.217 e. The van der Waals surface area contributed by atoms with Crippen molar-refractivity contribution in [3.8, 4) is 0 Å². The van der Waals surface area contributed by atoms with Gasteiger partial charge >= 0.3 is 0 Å². The maximum Gasteiger partial charge on any atom is 0.217 e. The second-order valence-corrected chi connectivity index (χ2v) is 7.42. The van der Waals surface area contributed by atoms with E-state index in [9.17, 15) is 4.79 Å². The number of hydrogen-bond donors (Lipinski definition) is 2. The molecular formula is C22H37IN4O2. The normalized spacial score (nSPS) is 16.9. The number of guanidine groups is 1. The number of nitrogens with one attached hydrogen (secondary N) is 1. The number of unbranched alkanes of at least 4 members (excludes halogenated alkanes) is 1. The zero-order chi connectivity index (χ0) is 20.0. The number of nitrogens with zero attached hydrogens (tertiary/aromatic N) is 2. The largest absolute Gasteiger partial charge is 0.381 e. The molecule has 0 radical (unpaired) electrons. The maximum atomic E-state index is 11.2. The van der Waals surface area contributed by atoms with Crippen molar-refractivity contribution < 1.29 is 9.53 Å². The zero-order valence-electron chi connectivity index (χ0n) is 17.6. The molecule has 0 aromatic heterocycles. The van der Waals surface area contributed by atoms with E-state index in [1.165, 1.54) is 5.56 Å². The van der Waals surface area contributed by atoms with Gasteiger partial charge in [-0.1, -0.05) is 30.3 Å². The number of rotatable bonds is 11. The highest BCUT2D eigenvalue weighted by molar-refractivity contribution is 14.0. The summed E-state index contributed by atoms with van der Waals surface area (Å²) in [6, 6.07) is 10.4. The number of ether oxygens (including phenoxy) is 1. The standard InChI is InChI=1S/C22H36N4O2.HI/c1-2-24-22(26-14-8-11-20(18-26)17-21(23)27)25-13-6-7-15-28-16-12-19-9-4-3-5-10-19;/h3-5,9-10,20H,2,6-8,11-18H2,1H3,(H2,23,27)(H,24,25);1H. The Morgan fingerprint density at radius 3 is 2.79 bits per heavy atom. The molecule has 3 N–H and O–H groups in total. The van der Waals surface area contributed by atoms with Crippen LogP contribution >= 0.6 is 24.0 Å². The predicted octanol–water partition coefficient (Wildman–Crippen LogP) is 3.20. The van der Waals surface area contributed by atoms with E-state index in [4.69, 9.17) is 15.5 Å². The highest BCUT2D eigenvalue weighted by atomic mass is 127. The number of carbonyl (C=O) groups excluding carboxylic acids is 1. The van der Waals surface area contributed by atoms with Crippen molar-refractivity contribution in [3.05, 3.63) is 35.9 Å². The van der Waals surface area contributed by atoms with E-state index in [-0.39, 0.29) is 29.9 Å². The highest BCUT2D eigenvalue weighted by Gasteiger charge is 2.23. The summed E-state index contributed by atoms with van der Waals surface area (Å²) >= 11 is 0. The molecule has 1 heterocycles. The predicted molar refractivity (Wildman–Crippen MR) is 130 cm³/mol. The molecule has 1 aromatic carbocycles. The average Bonchev–Trinajstić information content (AvgIpc) is 2.69. The van der Waals surface area contributed by atoms with Gasteiger partial charge in [0.15, 0.2) is 5.96 Å². The highest BCUT2D eigenvalue weighted by Crippen LogP contribution is 2.19. The van der Waals surface area contributed by atoms with Gasteiger partial charge in [-0.2, -0.15) is 0 Å². The quantitative estimate of drug-likeness (QED) is 0.205. The minimum absolute atomic E-state index is 0. The lowest BCUT2D eigenvalue weighted by Crippen LogP contribution is -2.47. The molecule has 6 nitrogen and oxygen atoms in total. The van der Waals surface area contributed by atoms with Crippen LogP contribution in [0.1, 0.15) is 44.6 Å². The van der Waals surface area contributed by atoms with Crippen LogP contribution in [0.5, 0.6) is 0 Å². The van der Waals surface area contributed by atoms with Gasteiger partial charge in [0.25, 0.3) is 0 Å². The number of primary amides is 1. The van der Waals surface area contributed by atoms with Crippen molar-refractivity contribution in [2.45, 2.75) is 45.4 Å². The van der Waals surface area contributed by atoms with Gasteiger partial charge in [0.05, 0.1) is 6.61 Å². The fourth-order valence-electron chi connectivity index (χ4n) is 3.57. The van der Waals surface area contributed by atoms with Crippen LogP contribution in [0.2, 0.25) is 0 Å². The van der Waals surface area contributed by atoms with Crippen molar-refractivity contribution in [1.82, 2.24) is 10.2 Å². The lowest BCUT2D eigenvalue weighted by Gasteiger charge is -2.34. The van der Waals surface area contributed by atoms with Crippen LogP contribution in [-0.4, -0.2) is 56.2 Å². The monoisotopic (exact) mass is 516 g/mol. The number of nitrogens with two attached hydrogens (primary N) is 1. The van der Waals surface area contributed by atoms with Crippen molar-refractivity contribution in [2.24, 2.45) is 16.6 Å². The summed E-state index contributed by atoms with van der Waals surface area (Å²) in [5.74, 6) is 1.09.